The minimum atomic E-state index is -1.49. The first-order valence-corrected chi connectivity index (χ1v) is 4.42. The quantitative estimate of drug-likeness (QED) is 0.659. The number of carboxylic acid groups (broad SMARTS) is 1. The Morgan fingerprint density at radius 1 is 1.53 bits per heavy atom. The number of aliphatic carboxylic acids is 1. The third-order valence-corrected chi connectivity index (χ3v) is 2.38. The highest BCUT2D eigenvalue weighted by atomic mass is 16.5. The van der Waals surface area contributed by atoms with Gasteiger partial charge in [-0.05, 0) is 12.1 Å². The Balaban J connectivity index is 2.39. The van der Waals surface area contributed by atoms with Crippen molar-refractivity contribution in [1.29, 1.82) is 0 Å². The second-order valence-corrected chi connectivity index (χ2v) is 3.57. The fraction of sp³-hybridized carbons (Fsp3) is 0.300. The minimum Gasteiger partial charge on any atom is -0.508 e. The summed E-state index contributed by atoms with van der Waals surface area (Å²) in [5.41, 5.74) is -1.09. The number of hydrogen-bond acceptors (Lipinski definition) is 4. The van der Waals surface area contributed by atoms with Gasteiger partial charge in [0.15, 0.2) is 0 Å². The van der Waals surface area contributed by atoms with Crippen LogP contribution in [-0.2, 0) is 10.4 Å². The van der Waals surface area contributed by atoms with Gasteiger partial charge in [0.1, 0.15) is 23.7 Å². The van der Waals surface area contributed by atoms with Crippen LogP contribution in [0.25, 0.3) is 0 Å². The van der Waals surface area contributed by atoms with Gasteiger partial charge in [0, 0.05) is 11.6 Å². The zero-order chi connectivity index (χ0) is 11.1. The van der Waals surface area contributed by atoms with Crippen molar-refractivity contribution in [1.82, 2.24) is 0 Å². The molecule has 15 heavy (non-hydrogen) atoms. The molecule has 1 aliphatic heterocycles. The Morgan fingerprint density at radius 2 is 2.27 bits per heavy atom. The number of phenolic OH excluding ortho intramolecular Hbond substituents is 1. The molecule has 0 fully saturated rings. The predicted octanol–water partition coefficient (Wildman–Crippen LogP) is 0.447. The SMILES string of the molecule is O=C(O)CC1(O)COc2cc(O)ccc21. The molecule has 1 aromatic rings. The number of aromatic hydroxyl groups is 1. The highest BCUT2D eigenvalue weighted by Crippen LogP contribution is 2.40. The molecule has 0 bridgehead atoms. The summed E-state index contributed by atoms with van der Waals surface area (Å²) in [6.07, 6.45) is -0.412. The van der Waals surface area contributed by atoms with Crippen LogP contribution in [0.2, 0.25) is 0 Å². The summed E-state index contributed by atoms with van der Waals surface area (Å²) in [6, 6.07) is 4.22. The second kappa shape index (κ2) is 3.13. The molecule has 1 aliphatic rings. The molecule has 0 amide bonds. The van der Waals surface area contributed by atoms with E-state index in [4.69, 9.17) is 9.84 Å². The van der Waals surface area contributed by atoms with Gasteiger partial charge in [0.25, 0.3) is 0 Å². The van der Waals surface area contributed by atoms with E-state index >= 15 is 0 Å². The zero-order valence-corrected chi connectivity index (χ0v) is 7.80. The molecule has 80 valence electrons. The molecule has 1 aromatic carbocycles. The molecule has 5 nitrogen and oxygen atoms in total. The number of aliphatic hydroxyl groups is 1. The summed E-state index contributed by atoms with van der Waals surface area (Å²) in [7, 11) is 0. The molecule has 0 aliphatic carbocycles. The second-order valence-electron chi connectivity index (χ2n) is 3.57. The van der Waals surface area contributed by atoms with Crippen LogP contribution in [0.15, 0.2) is 18.2 Å². The Kier molecular flexibility index (Phi) is 2.04. The lowest BCUT2D eigenvalue weighted by atomic mass is 9.93. The molecule has 2 rings (SSSR count). The first kappa shape index (κ1) is 9.79. The summed E-state index contributed by atoms with van der Waals surface area (Å²) in [5, 5.41) is 27.8. The van der Waals surface area contributed by atoms with E-state index in [0.29, 0.717) is 11.3 Å². The van der Waals surface area contributed by atoms with Crippen LogP contribution in [0.5, 0.6) is 11.5 Å². The van der Waals surface area contributed by atoms with Crippen LogP contribution in [0.4, 0.5) is 0 Å². The lowest BCUT2D eigenvalue weighted by Gasteiger charge is -2.18. The fourth-order valence-electron chi connectivity index (χ4n) is 1.69. The smallest absolute Gasteiger partial charge is 0.306 e. The molecule has 0 aromatic heterocycles. The van der Waals surface area contributed by atoms with Gasteiger partial charge >= 0.3 is 5.97 Å². The van der Waals surface area contributed by atoms with Crippen molar-refractivity contribution in [2.75, 3.05) is 6.61 Å². The third kappa shape index (κ3) is 1.61. The lowest BCUT2D eigenvalue weighted by Crippen LogP contribution is -2.30. The van der Waals surface area contributed by atoms with E-state index < -0.39 is 18.0 Å². The average Bonchev–Trinajstić information content (AvgIpc) is 2.42. The first-order chi connectivity index (χ1) is 7.01. The summed E-state index contributed by atoms with van der Waals surface area (Å²) in [5.74, 6) is -0.742. The Labute approximate surface area is 85.5 Å². The predicted molar refractivity (Wildman–Crippen MR) is 49.8 cm³/mol. The zero-order valence-electron chi connectivity index (χ0n) is 7.80. The summed E-state index contributed by atoms with van der Waals surface area (Å²) in [6.45, 7) is -0.0991. The minimum absolute atomic E-state index is 0.0216. The van der Waals surface area contributed by atoms with Crippen molar-refractivity contribution in [3.8, 4) is 11.5 Å². The van der Waals surface area contributed by atoms with E-state index in [0.717, 1.165) is 0 Å². The Morgan fingerprint density at radius 3 is 2.93 bits per heavy atom. The van der Waals surface area contributed by atoms with E-state index in [9.17, 15) is 15.0 Å². The fourth-order valence-corrected chi connectivity index (χ4v) is 1.69. The van der Waals surface area contributed by atoms with Crippen molar-refractivity contribution in [2.45, 2.75) is 12.0 Å². The van der Waals surface area contributed by atoms with Crippen molar-refractivity contribution >= 4 is 5.97 Å². The molecular weight excluding hydrogens is 200 g/mol. The number of fused-ring (bicyclic) bond motifs is 1. The molecule has 0 saturated carbocycles. The lowest BCUT2D eigenvalue weighted by molar-refractivity contribution is -0.143. The number of phenols is 1. The molecule has 0 saturated heterocycles. The molecule has 1 heterocycles. The van der Waals surface area contributed by atoms with Gasteiger partial charge in [0.2, 0.25) is 0 Å². The topological polar surface area (TPSA) is 87.0 Å². The number of carboxylic acids is 1. The molecular formula is C10H10O5. The number of benzene rings is 1. The Bertz CT molecular complexity index is 414. The summed E-state index contributed by atoms with van der Waals surface area (Å²) in [4.78, 5) is 10.6. The van der Waals surface area contributed by atoms with Crippen LogP contribution in [-0.4, -0.2) is 27.9 Å². The van der Waals surface area contributed by atoms with Crippen LogP contribution in [0, 0.1) is 0 Å². The van der Waals surface area contributed by atoms with Gasteiger partial charge in [0.05, 0.1) is 6.42 Å². The van der Waals surface area contributed by atoms with Gasteiger partial charge in [-0.3, -0.25) is 4.79 Å². The molecule has 0 spiro atoms. The van der Waals surface area contributed by atoms with Crippen molar-refractivity contribution in [2.24, 2.45) is 0 Å². The third-order valence-electron chi connectivity index (χ3n) is 2.38. The monoisotopic (exact) mass is 210 g/mol. The van der Waals surface area contributed by atoms with E-state index in [2.05, 4.69) is 0 Å². The van der Waals surface area contributed by atoms with E-state index in [1.807, 2.05) is 0 Å². The van der Waals surface area contributed by atoms with E-state index in [1.165, 1.54) is 18.2 Å². The number of carbonyl (C=O) groups is 1. The maximum Gasteiger partial charge on any atom is 0.306 e. The van der Waals surface area contributed by atoms with Crippen LogP contribution in [0.3, 0.4) is 0 Å². The number of hydrogen-bond donors (Lipinski definition) is 3. The average molecular weight is 210 g/mol. The van der Waals surface area contributed by atoms with Gasteiger partial charge in [-0.1, -0.05) is 0 Å². The summed E-state index contributed by atoms with van der Waals surface area (Å²) >= 11 is 0. The molecule has 3 N–H and O–H groups in total. The van der Waals surface area contributed by atoms with E-state index in [-0.39, 0.29) is 12.4 Å². The highest BCUT2D eigenvalue weighted by Gasteiger charge is 2.40. The molecule has 1 unspecified atom stereocenters. The van der Waals surface area contributed by atoms with Crippen LogP contribution in [0.1, 0.15) is 12.0 Å². The van der Waals surface area contributed by atoms with Crippen molar-refractivity contribution < 1.29 is 24.9 Å². The van der Waals surface area contributed by atoms with Crippen LogP contribution >= 0.6 is 0 Å². The molecule has 0 radical (unpaired) electrons. The van der Waals surface area contributed by atoms with Crippen LogP contribution < -0.4 is 4.74 Å². The maximum absolute atomic E-state index is 10.6. The highest BCUT2D eigenvalue weighted by molar-refractivity contribution is 5.69. The first-order valence-electron chi connectivity index (χ1n) is 4.42. The maximum atomic E-state index is 10.6. The largest absolute Gasteiger partial charge is 0.508 e. The number of ether oxygens (including phenoxy) is 1. The summed E-state index contributed by atoms with van der Waals surface area (Å²) < 4.78 is 5.12. The van der Waals surface area contributed by atoms with Gasteiger partial charge in [-0.2, -0.15) is 0 Å². The Hall–Kier alpha value is -1.75. The molecule has 5 heteroatoms. The van der Waals surface area contributed by atoms with E-state index in [1.54, 1.807) is 0 Å². The van der Waals surface area contributed by atoms with Gasteiger partial charge in [-0.15, -0.1) is 0 Å². The van der Waals surface area contributed by atoms with Gasteiger partial charge in [-0.25, -0.2) is 0 Å². The van der Waals surface area contributed by atoms with Gasteiger partial charge < -0.3 is 20.1 Å². The van der Waals surface area contributed by atoms with Crippen molar-refractivity contribution in [3.05, 3.63) is 23.8 Å². The molecule has 1 atom stereocenters. The van der Waals surface area contributed by atoms with Crippen molar-refractivity contribution in [3.63, 3.8) is 0 Å². The standard InChI is InChI=1S/C10H10O5/c11-6-1-2-7-8(3-6)15-5-10(7,14)4-9(12)13/h1-3,11,14H,4-5H2,(H,12,13). The number of rotatable bonds is 2. The normalized spacial score (nSPS) is 23.3.